The summed E-state index contributed by atoms with van der Waals surface area (Å²) in [5, 5.41) is 10.3. The molecule has 1 aliphatic heterocycles. The number of aliphatic hydroxyl groups excluding tert-OH is 1. The molecule has 1 aromatic rings. The molecule has 1 aliphatic carbocycles. The van der Waals surface area contributed by atoms with E-state index in [9.17, 15) is 5.11 Å². The quantitative estimate of drug-likeness (QED) is 0.848. The van der Waals surface area contributed by atoms with Gasteiger partial charge in [-0.2, -0.15) is 0 Å². The molecule has 1 saturated heterocycles. The first-order valence-electron chi connectivity index (χ1n) is 6.37. The summed E-state index contributed by atoms with van der Waals surface area (Å²) in [7, 11) is 0. The van der Waals surface area contributed by atoms with Crippen LogP contribution in [0.5, 0.6) is 0 Å². The van der Waals surface area contributed by atoms with E-state index in [-0.39, 0.29) is 11.5 Å². The maximum Gasteiger partial charge on any atom is 0.100 e. The lowest BCUT2D eigenvalue weighted by Gasteiger charge is -2.48. The van der Waals surface area contributed by atoms with Gasteiger partial charge in [-0.1, -0.05) is 0 Å². The fourth-order valence-electron chi connectivity index (χ4n) is 2.96. The number of ether oxygens (including phenoxy) is 1. The van der Waals surface area contributed by atoms with E-state index in [0.29, 0.717) is 5.69 Å². The summed E-state index contributed by atoms with van der Waals surface area (Å²) in [6.45, 7) is 0.766. The molecule has 4 heteroatoms. The highest BCUT2D eigenvalue weighted by molar-refractivity contribution is 5.04. The van der Waals surface area contributed by atoms with Crippen molar-refractivity contribution in [3.63, 3.8) is 0 Å². The lowest BCUT2D eigenvalue weighted by molar-refractivity contribution is -0.157. The molecule has 2 atom stereocenters. The van der Waals surface area contributed by atoms with E-state index in [1.807, 2.05) is 0 Å². The summed E-state index contributed by atoms with van der Waals surface area (Å²) in [5.74, 6) is 0.265. The van der Waals surface area contributed by atoms with Crippen LogP contribution in [0.2, 0.25) is 0 Å². The van der Waals surface area contributed by atoms with Crippen LogP contribution in [0.1, 0.15) is 43.9 Å². The standard InChI is InChI=1S/C13H18N2O2/c16-12(11-9-14-5-6-15-11)10-2-7-17-13(8-10)3-1-4-13/h5-6,9-10,12,16H,1-4,7-8H2. The summed E-state index contributed by atoms with van der Waals surface area (Å²) < 4.78 is 5.87. The molecule has 1 spiro atoms. The minimum atomic E-state index is -0.495. The van der Waals surface area contributed by atoms with Gasteiger partial charge in [0.2, 0.25) is 0 Å². The Hall–Kier alpha value is -1.00. The predicted octanol–water partition coefficient (Wildman–Crippen LogP) is 1.86. The van der Waals surface area contributed by atoms with Gasteiger partial charge in [0.1, 0.15) is 6.10 Å². The number of hydrogen-bond donors (Lipinski definition) is 1. The zero-order valence-electron chi connectivity index (χ0n) is 9.88. The van der Waals surface area contributed by atoms with E-state index in [1.54, 1.807) is 18.6 Å². The number of aliphatic hydroxyl groups is 1. The number of rotatable bonds is 2. The highest BCUT2D eigenvalue weighted by Crippen LogP contribution is 2.46. The van der Waals surface area contributed by atoms with Crippen LogP contribution in [-0.2, 0) is 4.74 Å². The van der Waals surface area contributed by atoms with Crippen molar-refractivity contribution in [3.8, 4) is 0 Å². The maximum atomic E-state index is 10.3. The van der Waals surface area contributed by atoms with Crippen molar-refractivity contribution in [3.05, 3.63) is 24.3 Å². The van der Waals surface area contributed by atoms with E-state index in [4.69, 9.17) is 4.74 Å². The maximum absolute atomic E-state index is 10.3. The third-order valence-electron chi connectivity index (χ3n) is 4.13. The summed E-state index contributed by atoms with van der Waals surface area (Å²) in [6.07, 6.45) is 9.87. The second kappa shape index (κ2) is 4.35. The first-order chi connectivity index (χ1) is 8.29. The number of hydrogen-bond acceptors (Lipinski definition) is 4. The van der Waals surface area contributed by atoms with Gasteiger partial charge in [-0.25, -0.2) is 0 Å². The van der Waals surface area contributed by atoms with Crippen LogP contribution < -0.4 is 0 Å². The number of nitrogens with zero attached hydrogens (tertiary/aromatic N) is 2. The second-order valence-electron chi connectivity index (χ2n) is 5.21. The molecule has 92 valence electrons. The Kier molecular flexibility index (Phi) is 2.84. The molecule has 1 saturated carbocycles. The van der Waals surface area contributed by atoms with E-state index in [2.05, 4.69) is 9.97 Å². The zero-order valence-corrected chi connectivity index (χ0v) is 9.88. The van der Waals surface area contributed by atoms with E-state index < -0.39 is 6.10 Å². The van der Waals surface area contributed by atoms with Crippen molar-refractivity contribution in [2.24, 2.45) is 5.92 Å². The monoisotopic (exact) mass is 234 g/mol. The Morgan fingerprint density at radius 3 is 2.94 bits per heavy atom. The molecule has 2 aliphatic rings. The van der Waals surface area contributed by atoms with Gasteiger partial charge in [0.25, 0.3) is 0 Å². The molecular weight excluding hydrogens is 216 g/mol. The topological polar surface area (TPSA) is 55.2 Å². The SMILES string of the molecule is OC(c1cnccn1)C1CCOC2(CCC2)C1. The van der Waals surface area contributed by atoms with Crippen molar-refractivity contribution in [2.75, 3.05) is 6.61 Å². The average Bonchev–Trinajstić information content (AvgIpc) is 2.37. The molecule has 17 heavy (non-hydrogen) atoms. The van der Waals surface area contributed by atoms with Gasteiger partial charge in [-0.05, 0) is 38.0 Å². The molecule has 2 fully saturated rings. The van der Waals surface area contributed by atoms with Gasteiger partial charge < -0.3 is 9.84 Å². The largest absolute Gasteiger partial charge is 0.386 e. The smallest absolute Gasteiger partial charge is 0.100 e. The van der Waals surface area contributed by atoms with Crippen molar-refractivity contribution < 1.29 is 9.84 Å². The van der Waals surface area contributed by atoms with E-state index >= 15 is 0 Å². The van der Waals surface area contributed by atoms with Crippen molar-refractivity contribution in [1.82, 2.24) is 9.97 Å². The average molecular weight is 234 g/mol. The lowest BCUT2D eigenvalue weighted by Crippen LogP contribution is -2.46. The van der Waals surface area contributed by atoms with Crippen LogP contribution in [0, 0.1) is 5.92 Å². The molecule has 3 rings (SSSR count). The normalized spacial score (nSPS) is 28.6. The van der Waals surface area contributed by atoms with Gasteiger partial charge in [-0.3, -0.25) is 9.97 Å². The fraction of sp³-hybridized carbons (Fsp3) is 0.692. The summed E-state index contributed by atoms with van der Waals surface area (Å²) in [5.41, 5.74) is 0.764. The lowest BCUT2D eigenvalue weighted by atomic mass is 9.70. The Morgan fingerprint density at radius 1 is 1.41 bits per heavy atom. The zero-order chi connectivity index (χ0) is 11.7. The third-order valence-corrected chi connectivity index (χ3v) is 4.13. The van der Waals surface area contributed by atoms with E-state index in [1.165, 1.54) is 6.42 Å². The molecule has 0 aromatic carbocycles. The van der Waals surface area contributed by atoms with Crippen LogP contribution in [0.3, 0.4) is 0 Å². The van der Waals surface area contributed by atoms with Crippen molar-refractivity contribution >= 4 is 0 Å². The minimum absolute atomic E-state index is 0.0755. The third kappa shape index (κ3) is 2.07. The van der Waals surface area contributed by atoms with E-state index in [0.717, 1.165) is 32.3 Å². The molecule has 1 N–H and O–H groups in total. The van der Waals surface area contributed by atoms with Crippen molar-refractivity contribution in [1.29, 1.82) is 0 Å². The van der Waals surface area contributed by atoms with Gasteiger partial charge >= 0.3 is 0 Å². The molecule has 0 amide bonds. The first kappa shape index (κ1) is 11.1. The molecular formula is C13H18N2O2. The molecule has 2 heterocycles. The predicted molar refractivity (Wildman–Crippen MR) is 62.2 cm³/mol. The Balaban J connectivity index is 1.71. The first-order valence-corrected chi connectivity index (χ1v) is 6.37. The second-order valence-corrected chi connectivity index (χ2v) is 5.21. The molecule has 4 nitrogen and oxygen atoms in total. The highest BCUT2D eigenvalue weighted by atomic mass is 16.5. The van der Waals surface area contributed by atoms with Crippen LogP contribution >= 0.6 is 0 Å². The van der Waals surface area contributed by atoms with Crippen LogP contribution in [0.15, 0.2) is 18.6 Å². The molecule has 2 unspecified atom stereocenters. The molecule has 1 aromatic heterocycles. The number of aromatic nitrogens is 2. The van der Waals surface area contributed by atoms with Crippen LogP contribution in [-0.4, -0.2) is 27.3 Å². The Labute approximate surface area is 101 Å². The molecule has 0 bridgehead atoms. The minimum Gasteiger partial charge on any atom is -0.386 e. The fourth-order valence-corrected chi connectivity index (χ4v) is 2.96. The van der Waals surface area contributed by atoms with Crippen LogP contribution in [0.4, 0.5) is 0 Å². The molecule has 0 radical (unpaired) electrons. The van der Waals surface area contributed by atoms with Gasteiger partial charge in [-0.15, -0.1) is 0 Å². The van der Waals surface area contributed by atoms with Gasteiger partial charge in [0.05, 0.1) is 17.5 Å². The summed E-state index contributed by atoms with van der Waals surface area (Å²) in [4.78, 5) is 8.21. The van der Waals surface area contributed by atoms with Crippen molar-refractivity contribution in [2.45, 2.75) is 43.8 Å². The Morgan fingerprint density at radius 2 is 2.29 bits per heavy atom. The summed E-state index contributed by atoms with van der Waals surface area (Å²) >= 11 is 0. The summed E-state index contributed by atoms with van der Waals surface area (Å²) in [6, 6.07) is 0. The van der Waals surface area contributed by atoms with Gasteiger partial charge in [0, 0.05) is 19.0 Å². The van der Waals surface area contributed by atoms with Gasteiger partial charge in [0.15, 0.2) is 0 Å². The van der Waals surface area contributed by atoms with Crippen LogP contribution in [0.25, 0.3) is 0 Å². The highest BCUT2D eigenvalue weighted by Gasteiger charge is 2.44. The Bertz CT molecular complexity index is 378.